The first-order chi connectivity index (χ1) is 18.7. The predicted molar refractivity (Wildman–Crippen MR) is 138 cm³/mol. The standard InChI is InChI=1S/C26H21BrFN3O8/c1-36-21-10-14(8-18(27)23(21)38-13-22(32)29-16-5-3-4-15(28)11-16)9-19-24(33)31(26(35)30-19)12-17-6-7-20(39-17)25(34)37-2/h3-11H,12-13H2,1-2H3,(H,29,32)(H,30,35)/b19-9-. The first kappa shape index (κ1) is 27.4. The monoisotopic (exact) mass is 601 g/mol. The molecule has 4 amide bonds. The molecular weight excluding hydrogens is 581 g/mol. The van der Waals surface area contributed by atoms with Crippen LogP contribution in [0.1, 0.15) is 21.9 Å². The molecule has 2 heterocycles. The second-order valence-electron chi connectivity index (χ2n) is 8.02. The third-order valence-corrected chi connectivity index (χ3v) is 5.93. The van der Waals surface area contributed by atoms with Crippen molar-refractivity contribution < 1.29 is 42.2 Å². The van der Waals surface area contributed by atoms with Crippen molar-refractivity contribution >= 4 is 51.5 Å². The Kier molecular flexibility index (Phi) is 8.30. The van der Waals surface area contributed by atoms with Gasteiger partial charge in [-0.2, -0.15) is 0 Å². The van der Waals surface area contributed by atoms with Crippen LogP contribution in [0.4, 0.5) is 14.9 Å². The molecule has 39 heavy (non-hydrogen) atoms. The number of urea groups is 1. The van der Waals surface area contributed by atoms with Crippen molar-refractivity contribution in [3.05, 3.63) is 81.6 Å². The van der Waals surface area contributed by atoms with E-state index in [0.29, 0.717) is 10.0 Å². The smallest absolute Gasteiger partial charge is 0.373 e. The molecule has 0 radical (unpaired) electrons. The molecule has 0 saturated carbocycles. The molecule has 0 spiro atoms. The van der Waals surface area contributed by atoms with Gasteiger partial charge in [0.15, 0.2) is 18.1 Å². The van der Waals surface area contributed by atoms with E-state index in [1.165, 1.54) is 56.7 Å². The highest BCUT2D eigenvalue weighted by molar-refractivity contribution is 9.10. The van der Waals surface area contributed by atoms with E-state index < -0.39 is 29.6 Å². The Hall–Kier alpha value is -4.65. The number of carbonyl (C=O) groups is 4. The highest BCUT2D eigenvalue weighted by Crippen LogP contribution is 2.37. The van der Waals surface area contributed by atoms with E-state index in [1.807, 2.05) is 0 Å². The molecule has 1 fully saturated rings. The minimum absolute atomic E-state index is 0.00293. The maximum absolute atomic E-state index is 13.3. The number of carbonyl (C=O) groups excluding carboxylic acids is 4. The van der Waals surface area contributed by atoms with Crippen molar-refractivity contribution in [3.63, 3.8) is 0 Å². The molecule has 2 aromatic carbocycles. The Balaban J connectivity index is 1.45. The highest BCUT2D eigenvalue weighted by Gasteiger charge is 2.34. The van der Waals surface area contributed by atoms with Crippen molar-refractivity contribution in [3.8, 4) is 11.5 Å². The van der Waals surface area contributed by atoms with Crippen LogP contribution in [0.2, 0.25) is 0 Å². The number of imide groups is 1. The Morgan fingerprint density at radius 1 is 1.15 bits per heavy atom. The zero-order chi connectivity index (χ0) is 28.1. The number of nitrogens with zero attached hydrogens (tertiary/aromatic N) is 1. The molecule has 13 heteroatoms. The molecule has 1 aliphatic heterocycles. The van der Waals surface area contributed by atoms with Gasteiger partial charge in [0, 0.05) is 5.69 Å². The molecule has 3 aromatic rings. The van der Waals surface area contributed by atoms with Crippen molar-refractivity contribution in [2.45, 2.75) is 6.54 Å². The van der Waals surface area contributed by atoms with Crippen molar-refractivity contribution in [2.24, 2.45) is 0 Å². The number of methoxy groups -OCH3 is 2. The van der Waals surface area contributed by atoms with Crippen LogP contribution in [0.15, 0.2) is 63.1 Å². The topological polar surface area (TPSA) is 136 Å². The molecule has 1 aliphatic rings. The summed E-state index contributed by atoms with van der Waals surface area (Å²) in [5.41, 5.74) is 0.758. The number of rotatable bonds is 9. The SMILES string of the molecule is COC(=O)c1ccc(CN2C(=O)N/C(=C\c3cc(Br)c(OCC(=O)Nc4cccc(F)c4)c(OC)c3)C2=O)o1. The van der Waals surface area contributed by atoms with Gasteiger partial charge in [-0.1, -0.05) is 6.07 Å². The van der Waals surface area contributed by atoms with E-state index in [-0.39, 0.29) is 47.6 Å². The number of halogens is 2. The number of anilines is 1. The van der Waals surface area contributed by atoms with Crippen molar-refractivity contribution in [1.29, 1.82) is 0 Å². The Bertz CT molecular complexity index is 1490. The summed E-state index contributed by atoms with van der Waals surface area (Å²) in [5, 5.41) is 5.03. The second-order valence-corrected chi connectivity index (χ2v) is 8.87. The molecule has 2 N–H and O–H groups in total. The summed E-state index contributed by atoms with van der Waals surface area (Å²) in [6, 6.07) is 10.8. The molecule has 1 saturated heterocycles. The van der Waals surface area contributed by atoms with E-state index in [1.54, 1.807) is 12.1 Å². The molecule has 0 bridgehead atoms. The Morgan fingerprint density at radius 3 is 2.67 bits per heavy atom. The number of esters is 1. The van der Waals surface area contributed by atoms with Crippen LogP contribution >= 0.6 is 15.9 Å². The van der Waals surface area contributed by atoms with Crippen molar-refractivity contribution in [2.75, 3.05) is 26.1 Å². The van der Waals surface area contributed by atoms with Crippen LogP contribution in [0, 0.1) is 5.82 Å². The van der Waals surface area contributed by atoms with E-state index in [0.717, 1.165) is 4.90 Å². The lowest BCUT2D eigenvalue weighted by Crippen LogP contribution is -2.30. The zero-order valence-electron chi connectivity index (χ0n) is 20.6. The van der Waals surface area contributed by atoms with Crippen LogP contribution < -0.4 is 20.1 Å². The average molecular weight is 602 g/mol. The first-order valence-electron chi connectivity index (χ1n) is 11.3. The van der Waals surface area contributed by atoms with Gasteiger partial charge in [0.2, 0.25) is 5.76 Å². The summed E-state index contributed by atoms with van der Waals surface area (Å²) in [4.78, 5) is 50.1. The maximum Gasteiger partial charge on any atom is 0.373 e. The fraction of sp³-hybridized carbons (Fsp3) is 0.154. The van der Waals surface area contributed by atoms with Gasteiger partial charge in [-0.3, -0.25) is 14.5 Å². The van der Waals surface area contributed by atoms with Gasteiger partial charge in [-0.25, -0.2) is 14.0 Å². The zero-order valence-corrected chi connectivity index (χ0v) is 22.2. The fourth-order valence-corrected chi connectivity index (χ4v) is 4.15. The minimum Gasteiger partial charge on any atom is -0.493 e. The number of ether oxygens (including phenoxy) is 3. The van der Waals surface area contributed by atoms with E-state index >= 15 is 0 Å². The van der Waals surface area contributed by atoms with Crippen LogP contribution in [0.25, 0.3) is 6.08 Å². The summed E-state index contributed by atoms with van der Waals surface area (Å²) < 4.78 is 34.6. The summed E-state index contributed by atoms with van der Waals surface area (Å²) in [6.07, 6.45) is 1.44. The lowest BCUT2D eigenvalue weighted by molar-refractivity contribution is -0.123. The minimum atomic E-state index is -0.682. The lowest BCUT2D eigenvalue weighted by atomic mass is 10.1. The summed E-state index contributed by atoms with van der Waals surface area (Å²) in [5.74, 6) is -1.68. The average Bonchev–Trinajstić information content (AvgIpc) is 3.47. The third kappa shape index (κ3) is 6.44. The van der Waals surface area contributed by atoms with Crippen molar-refractivity contribution in [1.82, 2.24) is 10.2 Å². The molecule has 0 atom stereocenters. The predicted octanol–water partition coefficient (Wildman–Crippen LogP) is 4.09. The molecular formula is C26H21BrFN3O8. The van der Waals surface area contributed by atoms with Gasteiger partial charge < -0.3 is 29.3 Å². The quantitative estimate of drug-likeness (QED) is 0.213. The number of hydrogen-bond donors (Lipinski definition) is 2. The Labute approximate surface area is 229 Å². The van der Waals surface area contributed by atoms with Gasteiger partial charge in [-0.15, -0.1) is 0 Å². The molecule has 0 unspecified atom stereocenters. The molecule has 1 aromatic heterocycles. The van der Waals surface area contributed by atoms with E-state index in [9.17, 15) is 23.6 Å². The Morgan fingerprint density at radius 2 is 1.95 bits per heavy atom. The van der Waals surface area contributed by atoms with Gasteiger partial charge in [0.05, 0.1) is 25.2 Å². The number of furan rings is 1. The normalized spacial score (nSPS) is 13.8. The lowest BCUT2D eigenvalue weighted by Gasteiger charge is -2.14. The largest absolute Gasteiger partial charge is 0.493 e. The van der Waals surface area contributed by atoms with Gasteiger partial charge in [-0.05, 0) is 70.0 Å². The van der Waals surface area contributed by atoms with Gasteiger partial charge in [0.25, 0.3) is 11.8 Å². The second kappa shape index (κ2) is 11.8. The van der Waals surface area contributed by atoms with Crippen LogP contribution in [0.3, 0.4) is 0 Å². The third-order valence-electron chi connectivity index (χ3n) is 5.34. The number of benzene rings is 2. The number of nitrogens with one attached hydrogen (secondary N) is 2. The number of amides is 4. The molecule has 202 valence electrons. The first-order valence-corrected chi connectivity index (χ1v) is 12.0. The summed E-state index contributed by atoms with van der Waals surface area (Å²) in [7, 11) is 2.60. The summed E-state index contributed by atoms with van der Waals surface area (Å²) in [6.45, 7) is -0.587. The summed E-state index contributed by atoms with van der Waals surface area (Å²) >= 11 is 3.37. The van der Waals surface area contributed by atoms with Crippen LogP contribution in [-0.4, -0.2) is 49.5 Å². The van der Waals surface area contributed by atoms with Gasteiger partial charge in [0.1, 0.15) is 17.3 Å². The van der Waals surface area contributed by atoms with Crippen LogP contribution in [0.5, 0.6) is 11.5 Å². The van der Waals surface area contributed by atoms with E-state index in [4.69, 9.17) is 13.9 Å². The van der Waals surface area contributed by atoms with Crippen LogP contribution in [-0.2, 0) is 20.9 Å². The van der Waals surface area contributed by atoms with Gasteiger partial charge >= 0.3 is 12.0 Å². The van der Waals surface area contributed by atoms with E-state index in [2.05, 4.69) is 31.3 Å². The highest BCUT2D eigenvalue weighted by atomic mass is 79.9. The molecule has 11 nitrogen and oxygen atoms in total. The molecule has 4 rings (SSSR count). The number of hydrogen-bond acceptors (Lipinski definition) is 8. The maximum atomic E-state index is 13.3. The fourth-order valence-electron chi connectivity index (χ4n) is 3.58. The molecule has 0 aliphatic carbocycles.